The molecule has 4 N–H and O–H groups in total. The van der Waals surface area contributed by atoms with Gasteiger partial charge in [0.25, 0.3) is 0 Å². The van der Waals surface area contributed by atoms with Gasteiger partial charge in [0.05, 0.1) is 25.4 Å². The summed E-state index contributed by atoms with van der Waals surface area (Å²) in [5.41, 5.74) is -2.58. The van der Waals surface area contributed by atoms with E-state index in [2.05, 4.69) is 0 Å². The van der Waals surface area contributed by atoms with Gasteiger partial charge < -0.3 is 25.2 Å². The van der Waals surface area contributed by atoms with Crippen LogP contribution in [0.3, 0.4) is 0 Å². The van der Waals surface area contributed by atoms with Crippen molar-refractivity contribution in [2.75, 3.05) is 13.2 Å². The molecule has 1 aliphatic heterocycles. The van der Waals surface area contributed by atoms with Gasteiger partial charge in [-0.25, -0.2) is 0 Å². The minimum atomic E-state index is -1.29. The van der Waals surface area contributed by atoms with Crippen molar-refractivity contribution in [3.63, 3.8) is 0 Å². The molecule has 0 unspecified atom stereocenters. The van der Waals surface area contributed by atoms with Gasteiger partial charge in [-0.2, -0.15) is 0 Å². The average Bonchev–Trinajstić information content (AvgIpc) is 2.67. The zero-order valence-corrected chi connectivity index (χ0v) is 9.18. The van der Waals surface area contributed by atoms with Gasteiger partial charge in [-0.3, -0.25) is 0 Å². The van der Waals surface area contributed by atoms with E-state index in [9.17, 15) is 10.2 Å². The third-order valence-electron chi connectivity index (χ3n) is 3.05. The molecule has 1 heterocycles. The summed E-state index contributed by atoms with van der Waals surface area (Å²) in [7, 11) is 0. The molecule has 1 saturated heterocycles. The van der Waals surface area contributed by atoms with Crippen LogP contribution in [0.2, 0.25) is 0 Å². The lowest BCUT2D eigenvalue weighted by Gasteiger charge is -2.31. The van der Waals surface area contributed by atoms with Crippen molar-refractivity contribution in [1.29, 1.82) is 0 Å². The van der Waals surface area contributed by atoms with Gasteiger partial charge in [0, 0.05) is 0 Å². The molecule has 1 rings (SSSR count). The first-order chi connectivity index (χ1) is 6.83. The Balaban J connectivity index is 2.60. The van der Waals surface area contributed by atoms with E-state index in [1.165, 1.54) is 13.8 Å². The second-order valence-corrected chi connectivity index (χ2v) is 4.72. The van der Waals surface area contributed by atoms with Gasteiger partial charge in [-0.05, 0) is 26.7 Å². The molecule has 0 bridgehead atoms. The fourth-order valence-electron chi connectivity index (χ4n) is 1.76. The normalized spacial score (nSPS) is 34.8. The maximum absolute atomic E-state index is 9.76. The molecule has 0 aromatic heterocycles. The van der Waals surface area contributed by atoms with Gasteiger partial charge in [-0.1, -0.05) is 0 Å². The summed E-state index contributed by atoms with van der Waals surface area (Å²) in [6.45, 7) is 2.22. The van der Waals surface area contributed by atoms with Crippen molar-refractivity contribution in [2.24, 2.45) is 0 Å². The largest absolute Gasteiger partial charge is 0.393 e. The fourth-order valence-corrected chi connectivity index (χ4v) is 1.76. The Hall–Kier alpha value is -0.200. The predicted octanol–water partition coefficient (Wildman–Crippen LogP) is -0.979. The van der Waals surface area contributed by atoms with Crippen LogP contribution < -0.4 is 0 Å². The molecule has 0 spiro atoms. The van der Waals surface area contributed by atoms with Crippen molar-refractivity contribution >= 4 is 0 Å². The van der Waals surface area contributed by atoms with Crippen LogP contribution in [0.15, 0.2) is 0 Å². The Morgan fingerprint density at radius 3 is 1.60 bits per heavy atom. The predicted molar refractivity (Wildman–Crippen MR) is 53.3 cm³/mol. The Bertz CT molecular complexity index is 192. The van der Waals surface area contributed by atoms with Crippen LogP contribution in [0.25, 0.3) is 0 Å². The Kier molecular flexibility index (Phi) is 3.73. The van der Waals surface area contributed by atoms with Crippen LogP contribution in [-0.2, 0) is 4.74 Å². The molecule has 5 heteroatoms. The lowest BCUT2D eigenvalue weighted by atomic mass is 9.95. The summed E-state index contributed by atoms with van der Waals surface area (Å²) in [4.78, 5) is 0. The van der Waals surface area contributed by atoms with Gasteiger partial charge in [-0.15, -0.1) is 0 Å². The third-order valence-corrected chi connectivity index (χ3v) is 3.05. The molecule has 5 nitrogen and oxygen atoms in total. The van der Waals surface area contributed by atoms with E-state index in [1.807, 2.05) is 0 Å². The maximum atomic E-state index is 9.76. The molecule has 1 fully saturated rings. The Morgan fingerprint density at radius 1 is 1.00 bits per heavy atom. The number of aliphatic hydroxyl groups is 4. The first kappa shape index (κ1) is 12.9. The number of hydrogen-bond acceptors (Lipinski definition) is 5. The topological polar surface area (TPSA) is 90.2 Å². The standard InChI is InChI=1S/C10H20O5/c1-9(13,5-11)7-3-4-8(15-7)10(2,14)6-12/h7-8,11-14H,3-6H2,1-2H3/t7-,8+,9+,10-. The molecule has 1 aliphatic rings. The molecular weight excluding hydrogens is 200 g/mol. The Morgan fingerprint density at radius 2 is 1.33 bits per heavy atom. The molecule has 15 heavy (non-hydrogen) atoms. The highest BCUT2D eigenvalue weighted by atomic mass is 16.5. The summed E-state index contributed by atoms with van der Waals surface area (Å²) in [5.74, 6) is 0. The van der Waals surface area contributed by atoms with E-state index >= 15 is 0 Å². The highest BCUT2D eigenvalue weighted by Gasteiger charge is 2.44. The zero-order valence-electron chi connectivity index (χ0n) is 9.18. The average molecular weight is 220 g/mol. The number of ether oxygens (including phenoxy) is 1. The van der Waals surface area contributed by atoms with Crippen molar-refractivity contribution in [3.8, 4) is 0 Å². The van der Waals surface area contributed by atoms with Crippen LogP contribution in [0.1, 0.15) is 26.7 Å². The van der Waals surface area contributed by atoms with Crippen molar-refractivity contribution in [2.45, 2.75) is 50.1 Å². The summed E-state index contributed by atoms with van der Waals surface area (Å²) >= 11 is 0. The van der Waals surface area contributed by atoms with Crippen LogP contribution in [0.4, 0.5) is 0 Å². The van der Waals surface area contributed by atoms with Crippen LogP contribution in [-0.4, -0.2) is 57.0 Å². The highest BCUT2D eigenvalue weighted by molar-refractivity contribution is 4.94. The summed E-state index contributed by atoms with van der Waals surface area (Å²) in [5, 5.41) is 37.4. The van der Waals surface area contributed by atoms with Gasteiger partial charge in [0.15, 0.2) is 0 Å². The SMILES string of the molecule is C[C@](O)(CO)[C@H]1CC[C@@H]([C@](C)(O)CO)O1. The van der Waals surface area contributed by atoms with E-state index in [4.69, 9.17) is 14.9 Å². The molecular formula is C10H20O5. The summed E-state index contributed by atoms with van der Waals surface area (Å²) in [6.07, 6.45) is 0.138. The monoisotopic (exact) mass is 220 g/mol. The van der Waals surface area contributed by atoms with Crippen LogP contribution in [0.5, 0.6) is 0 Å². The molecule has 4 atom stereocenters. The number of hydrogen-bond donors (Lipinski definition) is 4. The van der Waals surface area contributed by atoms with Crippen molar-refractivity contribution < 1.29 is 25.2 Å². The van der Waals surface area contributed by atoms with Crippen molar-refractivity contribution in [3.05, 3.63) is 0 Å². The molecule has 0 radical (unpaired) electrons. The molecule has 0 aliphatic carbocycles. The molecule has 0 saturated carbocycles. The second kappa shape index (κ2) is 4.35. The zero-order chi connectivity index (χ0) is 11.7. The lowest BCUT2D eigenvalue weighted by molar-refractivity contribution is -0.162. The maximum Gasteiger partial charge on any atom is 0.111 e. The third kappa shape index (κ3) is 2.68. The highest BCUT2D eigenvalue weighted by Crippen LogP contribution is 2.32. The van der Waals surface area contributed by atoms with E-state index in [0.717, 1.165) is 0 Å². The van der Waals surface area contributed by atoms with Crippen molar-refractivity contribution in [1.82, 2.24) is 0 Å². The number of aliphatic hydroxyl groups excluding tert-OH is 2. The fraction of sp³-hybridized carbons (Fsp3) is 1.00. The van der Waals surface area contributed by atoms with Crippen LogP contribution in [0, 0.1) is 0 Å². The molecule has 0 aromatic rings. The second-order valence-electron chi connectivity index (χ2n) is 4.72. The summed E-state index contributed by atoms with van der Waals surface area (Å²) in [6, 6.07) is 0. The first-order valence-electron chi connectivity index (χ1n) is 5.15. The van der Waals surface area contributed by atoms with Gasteiger partial charge >= 0.3 is 0 Å². The minimum absolute atomic E-state index is 0.383. The number of rotatable bonds is 4. The van der Waals surface area contributed by atoms with E-state index in [1.54, 1.807) is 0 Å². The lowest BCUT2D eigenvalue weighted by Crippen LogP contribution is -2.47. The smallest absolute Gasteiger partial charge is 0.111 e. The quantitative estimate of drug-likeness (QED) is 0.489. The van der Waals surface area contributed by atoms with E-state index in [0.29, 0.717) is 12.8 Å². The minimum Gasteiger partial charge on any atom is -0.393 e. The first-order valence-corrected chi connectivity index (χ1v) is 5.15. The van der Waals surface area contributed by atoms with E-state index < -0.39 is 23.4 Å². The van der Waals surface area contributed by atoms with Gasteiger partial charge in [0.2, 0.25) is 0 Å². The Labute approximate surface area is 89.3 Å². The molecule has 0 amide bonds. The molecule has 0 aromatic carbocycles. The van der Waals surface area contributed by atoms with Crippen LogP contribution >= 0.6 is 0 Å². The van der Waals surface area contributed by atoms with E-state index in [-0.39, 0.29) is 13.2 Å². The summed E-state index contributed by atoms with van der Waals surface area (Å²) < 4.78 is 5.45. The van der Waals surface area contributed by atoms with Gasteiger partial charge in [0.1, 0.15) is 11.2 Å². The molecule has 90 valence electrons.